The molecule has 0 spiro atoms. The standard InChI is InChI=1S/C17H12F2N4O2/c1-10(18)16-22-23-17(25-16)12-3-4-13(21-8-12)9-24-15-6-11(7-20)2-5-14(15)19/h2-6,8,10H,9H2,1H3. The van der Waals surface area contributed by atoms with Crippen molar-refractivity contribution < 1.29 is 17.9 Å². The summed E-state index contributed by atoms with van der Waals surface area (Å²) in [5.74, 6) is -0.528. The Balaban J connectivity index is 1.70. The molecule has 0 N–H and O–H groups in total. The van der Waals surface area contributed by atoms with E-state index in [0.717, 1.165) is 0 Å². The van der Waals surface area contributed by atoms with Gasteiger partial charge >= 0.3 is 0 Å². The first-order valence-corrected chi connectivity index (χ1v) is 7.32. The summed E-state index contributed by atoms with van der Waals surface area (Å²) in [6.07, 6.45) is 0.127. The lowest BCUT2D eigenvalue weighted by Crippen LogP contribution is -2.00. The SMILES string of the molecule is CC(F)c1nnc(-c2ccc(COc3cc(C#N)ccc3F)nc2)o1. The Bertz CT molecular complexity index is 917. The number of benzene rings is 1. The molecule has 0 saturated heterocycles. The highest BCUT2D eigenvalue weighted by Crippen LogP contribution is 2.22. The molecule has 25 heavy (non-hydrogen) atoms. The largest absolute Gasteiger partial charge is 0.484 e. The summed E-state index contributed by atoms with van der Waals surface area (Å²) in [7, 11) is 0. The van der Waals surface area contributed by atoms with Gasteiger partial charge in [0.2, 0.25) is 5.89 Å². The van der Waals surface area contributed by atoms with Crippen molar-refractivity contribution in [3.8, 4) is 23.3 Å². The minimum Gasteiger partial charge on any atom is -0.484 e. The maximum Gasteiger partial charge on any atom is 0.250 e. The third-order valence-electron chi connectivity index (χ3n) is 3.29. The van der Waals surface area contributed by atoms with E-state index in [4.69, 9.17) is 14.4 Å². The van der Waals surface area contributed by atoms with E-state index in [1.165, 1.54) is 31.3 Å². The second-order valence-corrected chi connectivity index (χ2v) is 5.15. The summed E-state index contributed by atoms with van der Waals surface area (Å²) in [6, 6.07) is 9.08. The number of halogens is 2. The molecule has 0 fully saturated rings. The number of hydrogen-bond donors (Lipinski definition) is 0. The van der Waals surface area contributed by atoms with Crippen LogP contribution in [0.15, 0.2) is 40.9 Å². The molecule has 1 aromatic carbocycles. The van der Waals surface area contributed by atoms with Crippen molar-refractivity contribution in [3.63, 3.8) is 0 Å². The van der Waals surface area contributed by atoms with Crippen LogP contribution in [0, 0.1) is 17.1 Å². The number of nitrogens with zero attached hydrogens (tertiary/aromatic N) is 4. The Morgan fingerprint density at radius 2 is 2.12 bits per heavy atom. The quantitative estimate of drug-likeness (QED) is 0.702. The Kier molecular flexibility index (Phi) is 4.66. The molecule has 6 nitrogen and oxygen atoms in total. The van der Waals surface area contributed by atoms with E-state index < -0.39 is 12.0 Å². The van der Waals surface area contributed by atoms with Crippen molar-refractivity contribution in [2.75, 3.05) is 0 Å². The summed E-state index contributed by atoms with van der Waals surface area (Å²) in [5.41, 5.74) is 1.36. The van der Waals surface area contributed by atoms with Crippen LogP contribution >= 0.6 is 0 Å². The average molecular weight is 342 g/mol. The predicted molar refractivity (Wildman–Crippen MR) is 82.5 cm³/mol. The van der Waals surface area contributed by atoms with Gasteiger partial charge in [0, 0.05) is 12.3 Å². The van der Waals surface area contributed by atoms with Crippen molar-refractivity contribution in [2.24, 2.45) is 0 Å². The second kappa shape index (κ2) is 7.05. The minimum atomic E-state index is -1.35. The fraction of sp³-hybridized carbons (Fsp3) is 0.176. The van der Waals surface area contributed by atoms with E-state index >= 15 is 0 Å². The van der Waals surface area contributed by atoms with Gasteiger partial charge in [-0.2, -0.15) is 5.26 Å². The van der Waals surface area contributed by atoms with Gasteiger partial charge in [0.25, 0.3) is 5.89 Å². The molecule has 0 aliphatic carbocycles. The number of pyridine rings is 1. The van der Waals surface area contributed by atoms with Crippen molar-refractivity contribution >= 4 is 0 Å². The maximum absolute atomic E-state index is 13.6. The van der Waals surface area contributed by atoms with Crippen LogP contribution in [0.25, 0.3) is 11.5 Å². The lowest BCUT2D eigenvalue weighted by Gasteiger charge is -2.07. The van der Waals surface area contributed by atoms with Gasteiger partial charge in [0.1, 0.15) is 6.61 Å². The van der Waals surface area contributed by atoms with Crippen molar-refractivity contribution in [1.82, 2.24) is 15.2 Å². The van der Waals surface area contributed by atoms with Crippen LogP contribution in [0.3, 0.4) is 0 Å². The van der Waals surface area contributed by atoms with Crippen LogP contribution in [0.1, 0.15) is 30.2 Å². The molecule has 3 rings (SSSR count). The zero-order chi connectivity index (χ0) is 17.8. The number of ether oxygens (including phenoxy) is 1. The van der Waals surface area contributed by atoms with Gasteiger partial charge in [0.15, 0.2) is 17.7 Å². The summed E-state index contributed by atoms with van der Waals surface area (Å²) >= 11 is 0. The van der Waals surface area contributed by atoms with Gasteiger partial charge in [0.05, 0.1) is 22.9 Å². The van der Waals surface area contributed by atoms with Gasteiger partial charge in [-0.3, -0.25) is 4.98 Å². The van der Waals surface area contributed by atoms with E-state index in [0.29, 0.717) is 16.8 Å². The molecular formula is C17H12F2N4O2. The smallest absolute Gasteiger partial charge is 0.250 e. The molecule has 0 aliphatic rings. The number of hydrogen-bond acceptors (Lipinski definition) is 6. The van der Waals surface area contributed by atoms with E-state index in [1.54, 1.807) is 12.1 Å². The van der Waals surface area contributed by atoms with Gasteiger partial charge in [-0.1, -0.05) is 0 Å². The highest BCUT2D eigenvalue weighted by atomic mass is 19.1. The first-order valence-electron chi connectivity index (χ1n) is 7.32. The molecule has 1 atom stereocenters. The number of rotatable bonds is 5. The molecule has 8 heteroatoms. The molecule has 2 heterocycles. The van der Waals surface area contributed by atoms with E-state index in [1.807, 2.05) is 6.07 Å². The normalized spacial score (nSPS) is 11.8. The molecule has 0 bridgehead atoms. The van der Waals surface area contributed by atoms with Crippen LogP contribution in [0.4, 0.5) is 8.78 Å². The zero-order valence-electron chi connectivity index (χ0n) is 13.1. The molecule has 0 radical (unpaired) electrons. The lowest BCUT2D eigenvalue weighted by molar-refractivity contribution is 0.286. The number of nitriles is 1. The molecule has 0 amide bonds. The molecule has 0 aliphatic heterocycles. The van der Waals surface area contributed by atoms with Gasteiger partial charge in [-0.15, -0.1) is 10.2 Å². The van der Waals surface area contributed by atoms with Gasteiger partial charge in [-0.25, -0.2) is 8.78 Å². The topological polar surface area (TPSA) is 84.8 Å². The molecule has 1 unspecified atom stereocenters. The monoisotopic (exact) mass is 342 g/mol. The Hall–Kier alpha value is -3.34. The van der Waals surface area contributed by atoms with Crippen molar-refractivity contribution in [3.05, 3.63) is 59.5 Å². The van der Waals surface area contributed by atoms with Crippen LogP contribution < -0.4 is 4.74 Å². The van der Waals surface area contributed by atoms with Crippen LogP contribution in [-0.2, 0) is 6.61 Å². The first kappa shape index (κ1) is 16.5. The second-order valence-electron chi connectivity index (χ2n) is 5.15. The third-order valence-corrected chi connectivity index (χ3v) is 3.29. The van der Waals surface area contributed by atoms with Crippen molar-refractivity contribution in [2.45, 2.75) is 19.7 Å². The fourth-order valence-corrected chi connectivity index (χ4v) is 1.98. The molecule has 2 aromatic heterocycles. The summed E-state index contributed by atoms with van der Waals surface area (Å²) in [6.45, 7) is 1.32. The fourth-order valence-electron chi connectivity index (χ4n) is 1.98. The maximum atomic E-state index is 13.6. The van der Waals surface area contributed by atoms with Gasteiger partial charge < -0.3 is 9.15 Å². The highest BCUT2D eigenvalue weighted by Gasteiger charge is 2.14. The van der Waals surface area contributed by atoms with E-state index in [-0.39, 0.29) is 24.1 Å². The van der Waals surface area contributed by atoms with Gasteiger partial charge in [-0.05, 0) is 31.2 Å². The summed E-state index contributed by atoms with van der Waals surface area (Å²) in [4.78, 5) is 4.16. The lowest BCUT2D eigenvalue weighted by atomic mass is 10.2. The van der Waals surface area contributed by atoms with Crippen LogP contribution in [0.5, 0.6) is 5.75 Å². The summed E-state index contributed by atoms with van der Waals surface area (Å²) in [5, 5.41) is 16.2. The summed E-state index contributed by atoms with van der Waals surface area (Å²) < 4.78 is 37.3. The Morgan fingerprint density at radius 3 is 2.76 bits per heavy atom. The zero-order valence-corrected chi connectivity index (χ0v) is 13.1. The van der Waals surface area contributed by atoms with Crippen molar-refractivity contribution in [1.29, 1.82) is 5.26 Å². The first-order chi connectivity index (χ1) is 12.1. The molecular weight excluding hydrogens is 330 g/mol. The molecule has 126 valence electrons. The molecule has 3 aromatic rings. The number of alkyl halides is 1. The highest BCUT2D eigenvalue weighted by molar-refractivity contribution is 5.50. The van der Waals surface area contributed by atoms with E-state index in [2.05, 4.69) is 15.2 Å². The van der Waals surface area contributed by atoms with Crippen LogP contribution in [-0.4, -0.2) is 15.2 Å². The van der Waals surface area contributed by atoms with E-state index in [9.17, 15) is 8.78 Å². The predicted octanol–water partition coefficient (Wildman–Crippen LogP) is 3.75. The molecule has 0 saturated carbocycles. The Morgan fingerprint density at radius 1 is 1.28 bits per heavy atom. The Labute approximate surface area is 141 Å². The third kappa shape index (κ3) is 3.77. The van der Waals surface area contributed by atoms with Crippen LogP contribution in [0.2, 0.25) is 0 Å². The minimum absolute atomic E-state index is 0.0165. The number of aromatic nitrogens is 3. The average Bonchev–Trinajstić information content (AvgIpc) is 3.12.